The Bertz CT molecular complexity index is 666. The number of hydrogen-bond acceptors (Lipinski definition) is 3. The molecule has 2 aromatic rings. The number of aryl methyl sites for hydroxylation is 2. The first-order valence-electron chi connectivity index (χ1n) is 8.42. The summed E-state index contributed by atoms with van der Waals surface area (Å²) < 4.78 is 5.62. The molecule has 0 spiro atoms. The Morgan fingerprint density at radius 3 is 2.54 bits per heavy atom. The lowest BCUT2D eigenvalue weighted by Crippen LogP contribution is -2.22. The van der Waals surface area contributed by atoms with Gasteiger partial charge in [-0.2, -0.15) is 0 Å². The highest BCUT2D eigenvalue weighted by molar-refractivity contribution is 5.94. The average Bonchev–Trinajstić information content (AvgIpc) is 2.58. The second-order valence-corrected chi connectivity index (χ2v) is 5.95. The summed E-state index contributed by atoms with van der Waals surface area (Å²) in [7, 11) is 0. The molecule has 0 aromatic heterocycles. The Morgan fingerprint density at radius 1 is 1.08 bits per heavy atom. The first-order valence-corrected chi connectivity index (χ1v) is 8.42. The smallest absolute Gasteiger partial charge is 0.243 e. The monoisotopic (exact) mass is 326 g/mol. The van der Waals surface area contributed by atoms with Crippen molar-refractivity contribution in [1.82, 2.24) is 0 Å². The fraction of sp³-hybridized carbons (Fsp3) is 0.350. The van der Waals surface area contributed by atoms with Crippen molar-refractivity contribution >= 4 is 17.3 Å². The van der Waals surface area contributed by atoms with Gasteiger partial charge in [0.05, 0.1) is 13.2 Å². The van der Waals surface area contributed by atoms with Crippen molar-refractivity contribution < 1.29 is 9.53 Å². The number of carbonyl (C=O) groups is 1. The Balaban J connectivity index is 1.82. The maximum absolute atomic E-state index is 12.1. The molecule has 1 amide bonds. The number of hydrogen-bond donors (Lipinski definition) is 2. The number of rotatable bonds is 8. The molecule has 2 aromatic carbocycles. The van der Waals surface area contributed by atoms with E-state index in [0.29, 0.717) is 0 Å². The molecular weight excluding hydrogens is 300 g/mol. The number of unbranched alkanes of at least 4 members (excludes halogenated alkanes) is 1. The second kappa shape index (κ2) is 8.96. The van der Waals surface area contributed by atoms with Crippen molar-refractivity contribution in [3.63, 3.8) is 0 Å². The fourth-order valence-corrected chi connectivity index (χ4v) is 2.25. The standard InChI is InChI=1S/C20H26N2O2/c1-4-5-12-24-18-10-8-17(9-11-18)21-14-20(23)22-19-13-15(2)6-7-16(19)3/h6-11,13,21H,4-5,12,14H2,1-3H3,(H,22,23). The van der Waals surface area contributed by atoms with Gasteiger partial charge in [-0.3, -0.25) is 4.79 Å². The lowest BCUT2D eigenvalue weighted by molar-refractivity contribution is -0.114. The van der Waals surface area contributed by atoms with E-state index in [1.54, 1.807) is 0 Å². The van der Waals surface area contributed by atoms with Crippen molar-refractivity contribution in [2.24, 2.45) is 0 Å². The molecular formula is C20H26N2O2. The van der Waals surface area contributed by atoms with Gasteiger partial charge in [-0.05, 0) is 61.7 Å². The van der Waals surface area contributed by atoms with Crippen LogP contribution in [0.1, 0.15) is 30.9 Å². The van der Waals surface area contributed by atoms with Gasteiger partial charge in [-0.25, -0.2) is 0 Å². The highest BCUT2D eigenvalue weighted by Crippen LogP contribution is 2.17. The van der Waals surface area contributed by atoms with Crippen LogP contribution in [0.25, 0.3) is 0 Å². The van der Waals surface area contributed by atoms with Gasteiger partial charge in [0, 0.05) is 11.4 Å². The number of carbonyl (C=O) groups excluding carboxylic acids is 1. The topological polar surface area (TPSA) is 50.4 Å². The van der Waals surface area contributed by atoms with Gasteiger partial charge in [0.25, 0.3) is 0 Å². The summed E-state index contributed by atoms with van der Waals surface area (Å²) in [6.07, 6.45) is 2.17. The van der Waals surface area contributed by atoms with Crippen LogP contribution in [0.2, 0.25) is 0 Å². The molecule has 4 nitrogen and oxygen atoms in total. The molecule has 0 aliphatic rings. The zero-order valence-corrected chi connectivity index (χ0v) is 14.7. The molecule has 0 atom stereocenters. The van der Waals surface area contributed by atoms with Gasteiger partial charge >= 0.3 is 0 Å². The van der Waals surface area contributed by atoms with Gasteiger partial charge in [-0.1, -0.05) is 25.5 Å². The minimum atomic E-state index is -0.0630. The summed E-state index contributed by atoms with van der Waals surface area (Å²) in [5, 5.41) is 6.07. The van der Waals surface area contributed by atoms with Crippen molar-refractivity contribution in [3.05, 3.63) is 53.6 Å². The molecule has 4 heteroatoms. The van der Waals surface area contributed by atoms with E-state index in [2.05, 4.69) is 17.6 Å². The van der Waals surface area contributed by atoms with Crippen LogP contribution in [-0.4, -0.2) is 19.1 Å². The molecule has 0 radical (unpaired) electrons. The number of anilines is 2. The molecule has 2 rings (SSSR count). The molecule has 128 valence electrons. The summed E-state index contributed by atoms with van der Waals surface area (Å²) in [5.74, 6) is 0.792. The SMILES string of the molecule is CCCCOc1ccc(NCC(=O)Nc2cc(C)ccc2C)cc1. The molecule has 0 heterocycles. The predicted molar refractivity (Wildman–Crippen MR) is 99.9 cm³/mol. The van der Waals surface area contributed by atoms with Crippen LogP contribution in [0, 0.1) is 13.8 Å². The molecule has 24 heavy (non-hydrogen) atoms. The number of nitrogens with one attached hydrogen (secondary N) is 2. The fourth-order valence-electron chi connectivity index (χ4n) is 2.25. The Labute approximate surface area is 144 Å². The third-order valence-corrected chi connectivity index (χ3v) is 3.74. The van der Waals surface area contributed by atoms with Gasteiger partial charge in [0.15, 0.2) is 0 Å². The quantitative estimate of drug-likeness (QED) is 0.701. The van der Waals surface area contributed by atoms with Gasteiger partial charge in [-0.15, -0.1) is 0 Å². The Morgan fingerprint density at radius 2 is 1.83 bits per heavy atom. The number of ether oxygens (including phenoxy) is 1. The van der Waals surface area contributed by atoms with Crippen LogP contribution < -0.4 is 15.4 Å². The highest BCUT2D eigenvalue weighted by Gasteiger charge is 2.05. The summed E-state index contributed by atoms with van der Waals surface area (Å²) in [5.41, 5.74) is 3.94. The number of amides is 1. The van der Waals surface area contributed by atoms with E-state index in [4.69, 9.17) is 4.74 Å². The molecule has 2 N–H and O–H groups in total. The van der Waals surface area contributed by atoms with Crippen LogP contribution in [0.4, 0.5) is 11.4 Å². The minimum absolute atomic E-state index is 0.0630. The number of benzene rings is 2. The van der Waals surface area contributed by atoms with Crippen LogP contribution >= 0.6 is 0 Å². The molecule has 0 unspecified atom stereocenters. The van der Waals surface area contributed by atoms with Crippen molar-refractivity contribution in [1.29, 1.82) is 0 Å². The van der Waals surface area contributed by atoms with E-state index in [-0.39, 0.29) is 12.5 Å². The van der Waals surface area contributed by atoms with E-state index < -0.39 is 0 Å². The van der Waals surface area contributed by atoms with E-state index in [1.807, 2.05) is 56.3 Å². The van der Waals surface area contributed by atoms with Crippen LogP contribution in [0.5, 0.6) is 5.75 Å². The van der Waals surface area contributed by atoms with Gasteiger partial charge in [0.2, 0.25) is 5.91 Å². The van der Waals surface area contributed by atoms with Gasteiger partial charge in [0.1, 0.15) is 5.75 Å². The molecule has 0 aliphatic carbocycles. The van der Waals surface area contributed by atoms with E-state index in [1.165, 1.54) is 0 Å². The van der Waals surface area contributed by atoms with Crippen molar-refractivity contribution in [2.75, 3.05) is 23.8 Å². The first-order chi connectivity index (χ1) is 11.6. The average molecular weight is 326 g/mol. The lowest BCUT2D eigenvalue weighted by Gasteiger charge is -2.11. The van der Waals surface area contributed by atoms with E-state index in [0.717, 1.165) is 47.7 Å². The maximum atomic E-state index is 12.1. The minimum Gasteiger partial charge on any atom is -0.494 e. The second-order valence-electron chi connectivity index (χ2n) is 5.95. The van der Waals surface area contributed by atoms with Gasteiger partial charge < -0.3 is 15.4 Å². The third-order valence-electron chi connectivity index (χ3n) is 3.74. The largest absolute Gasteiger partial charge is 0.494 e. The van der Waals surface area contributed by atoms with Crippen molar-refractivity contribution in [3.8, 4) is 5.75 Å². The first kappa shape index (κ1) is 17.9. The van der Waals surface area contributed by atoms with Crippen LogP contribution in [0.15, 0.2) is 42.5 Å². The summed E-state index contributed by atoms with van der Waals surface area (Å²) >= 11 is 0. The third kappa shape index (κ3) is 5.61. The molecule has 0 saturated carbocycles. The molecule has 0 saturated heterocycles. The summed E-state index contributed by atoms with van der Waals surface area (Å²) in [4.78, 5) is 12.1. The zero-order chi connectivity index (χ0) is 17.4. The molecule has 0 aliphatic heterocycles. The van der Waals surface area contributed by atoms with E-state index in [9.17, 15) is 4.79 Å². The molecule has 0 bridgehead atoms. The zero-order valence-electron chi connectivity index (χ0n) is 14.7. The lowest BCUT2D eigenvalue weighted by atomic mass is 10.1. The summed E-state index contributed by atoms with van der Waals surface area (Å²) in [6.45, 7) is 7.10. The summed E-state index contributed by atoms with van der Waals surface area (Å²) in [6, 6.07) is 13.7. The Hall–Kier alpha value is -2.49. The maximum Gasteiger partial charge on any atom is 0.243 e. The predicted octanol–water partition coefficient (Wildman–Crippen LogP) is 4.53. The van der Waals surface area contributed by atoms with Crippen LogP contribution in [0.3, 0.4) is 0 Å². The van der Waals surface area contributed by atoms with E-state index >= 15 is 0 Å². The molecule has 0 fully saturated rings. The normalized spacial score (nSPS) is 10.3. The van der Waals surface area contributed by atoms with Crippen LogP contribution in [-0.2, 0) is 4.79 Å². The van der Waals surface area contributed by atoms with Crippen molar-refractivity contribution in [2.45, 2.75) is 33.6 Å². The highest BCUT2D eigenvalue weighted by atomic mass is 16.5. The Kier molecular flexibility index (Phi) is 6.67.